The van der Waals surface area contributed by atoms with Crippen LogP contribution in [0.5, 0.6) is 0 Å². The molecule has 4 N–H and O–H groups in total. The van der Waals surface area contributed by atoms with Gasteiger partial charge in [-0.2, -0.15) is 0 Å². The predicted molar refractivity (Wildman–Crippen MR) is 116 cm³/mol. The molecule has 0 unspecified atom stereocenters. The van der Waals surface area contributed by atoms with E-state index in [4.69, 9.17) is 10.7 Å². The van der Waals surface area contributed by atoms with Crippen LogP contribution in [0.25, 0.3) is 11.3 Å². The number of anilines is 2. The van der Waals surface area contributed by atoms with Gasteiger partial charge in [0.1, 0.15) is 11.6 Å². The molecule has 0 aliphatic carbocycles. The number of aromatic nitrogens is 4. The Morgan fingerprint density at radius 3 is 2.83 bits per heavy atom. The molecule has 30 heavy (non-hydrogen) atoms. The Labute approximate surface area is 175 Å². The lowest BCUT2D eigenvalue weighted by Crippen LogP contribution is -2.44. The van der Waals surface area contributed by atoms with Crippen LogP contribution in [0.3, 0.4) is 0 Å². The number of rotatable bonds is 8. The third-order valence-corrected chi connectivity index (χ3v) is 5.05. The largest absolute Gasteiger partial charge is 0.370 e. The highest BCUT2D eigenvalue weighted by Gasteiger charge is 2.16. The number of piperazine rings is 1. The fourth-order valence-electron chi connectivity index (χ4n) is 3.45. The van der Waals surface area contributed by atoms with Gasteiger partial charge in [0.05, 0.1) is 12.0 Å². The molecule has 3 aromatic heterocycles. The van der Waals surface area contributed by atoms with Gasteiger partial charge in [0.25, 0.3) is 0 Å². The zero-order chi connectivity index (χ0) is 20.8. The summed E-state index contributed by atoms with van der Waals surface area (Å²) in [6.45, 7) is 5.14. The van der Waals surface area contributed by atoms with Gasteiger partial charge < -0.3 is 25.8 Å². The van der Waals surface area contributed by atoms with Crippen molar-refractivity contribution in [2.45, 2.75) is 13.0 Å². The average Bonchev–Trinajstić information content (AvgIpc) is 3.31. The molecule has 0 radical (unpaired) electrons. The third-order valence-electron chi connectivity index (χ3n) is 5.05. The van der Waals surface area contributed by atoms with Crippen molar-refractivity contribution in [1.29, 1.82) is 0 Å². The number of pyridine rings is 2. The number of amides is 1. The summed E-state index contributed by atoms with van der Waals surface area (Å²) < 4.78 is 2.04. The molecule has 0 atom stereocenters. The summed E-state index contributed by atoms with van der Waals surface area (Å²) in [6, 6.07) is 7.36. The number of imidazole rings is 1. The van der Waals surface area contributed by atoms with Crippen LogP contribution in [0.4, 0.5) is 11.6 Å². The summed E-state index contributed by atoms with van der Waals surface area (Å²) >= 11 is 0. The van der Waals surface area contributed by atoms with E-state index in [0.717, 1.165) is 62.9 Å². The van der Waals surface area contributed by atoms with Crippen molar-refractivity contribution in [3.05, 3.63) is 54.7 Å². The van der Waals surface area contributed by atoms with Crippen LogP contribution < -0.4 is 21.3 Å². The minimum absolute atomic E-state index is 0.457. The lowest BCUT2D eigenvalue weighted by Gasteiger charge is -2.29. The van der Waals surface area contributed by atoms with Gasteiger partial charge in [-0.25, -0.2) is 15.0 Å². The Morgan fingerprint density at radius 1 is 1.20 bits per heavy atom. The number of nitrogens with zero attached hydrogens (tertiary/aromatic N) is 5. The molecule has 1 aliphatic rings. The number of nitrogens with one attached hydrogen (secondary N) is 2. The second kappa shape index (κ2) is 9.36. The Bertz CT molecular complexity index is 982. The van der Waals surface area contributed by atoms with E-state index in [0.29, 0.717) is 11.3 Å². The van der Waals surface area contributed by atoms with Crippen molar-refractivity contribution in [1.82, 2.24) is 24.8 Å². The maximum absolute atomic E-state index is 11.9. The van der Waals surface area contributed by atoms with Crippen LogP contribution in [-0.2, 0) is 6.54 Å². The van der Waals surface area contributed by atoms with Crippen molar-refractivity contribution in [2.24, 2.45) is 5.73 Å². The SMILES string of the molecule is NC(=O)c1cc(-c2ccnc(NCCCn3ccnc3)c2)nc(N2CCNCC2)c1. The molecule has 4 rings (SSSR count). The summed E-state index contributed by atoms with van der Waals surface area (Å²) in [5.41, 5.74) is 7.64. The molecule has 1 aliphatic heterocycles. The van der Waals surface area contributed by atoms with E-state index in [-0.39, 0.29) is 0 Å². The van der Waals surface area contributed by atoms with Crippen LogP contribution in [0.2, 0.25) is 0 Å². The monoisotopic (exact) mass is 406 g/mol. The van der Waals surface area contributed by atoms with Crippen molar-refractivity contribution >= 4 is 17.5 Å². The van der Waals surface area contributed by atoms with E-state index in [1.54, 1.807) is 24.5 Å². The number of primary amides is 1. The molecule has 9 nitrogen and oxygen atoms in total. The van der Waals surface area contributed by atoms with Gasteiger partial charge in [0.2, 0.25) is 5.91 Å². The summed E-state index contributed by atoms with van der Waals surface area (Å²) in [6.07, 6.45) is 8.24. The molecule has 1 fully saturated rings. The number of carbonyl (C=O) groups is 1. The quantitative estimate of drug-likeness (QED) is 0.484. The molecule has 9 heteroatoms. The first-order valence-electron chi connectivity index (χ1n) is 10.1. The Kier molecular flexibility index (Phi) is 6.19. The van der Waals surface area contributed by atoms with E-state index in [1.807, 2.05) is 29.2 Å². The van der Waals surface area contributed by atoms with Crippen molar-refractivity contribution < 1.29 is 4.79 Å². The van der Waals surface area contributed by atoms with E-state index in [2.05, 4.69) is 25.5 Å². The molecule has 0 saturated carbocycles. The van der Waals surface area contributed by atoms with Gasteiger partial charge >= 0.3 is 0 Å². The molecule has 0 aromatic carbocycles. The molecular formula is C21H26N8O. The summed E-state index contributed by atoms with van der Waals surface area (Å²) in [5.74, 6) is 1.09. The van der Waals surface area contributed by atoms with Crippen molar-refractivity contribution in [3.8, 4) is 11.3 Å². The molecule has 3 aromatic rings. The molecule has 156 valence electrons. The fourth-order valence-corrected chi connectivity index (χ4v) is 3.45. The molecule has 4 heterocycles. The minimum atomic E-state index is -0.457. The first-order valence-corrected chi connectivity index (χ1v) is 10.1. The van der Waals surface area contributed by atoms with Gasteiger partial charge in [-0.3, -0.25) is 4.79 Å². The third kappa shape index (κ3) is 4.93. The smallest absolute Gasteiger partial charge is 0.248 e. The van der Waals surface area contributed by atoms with E-state index < -0.39 is 5.91 Å². The normalized spacial score (nSPS) is 13.9. The van der Waals surface area contributed by atoms with Gasteiger partial charge in [-0.05, 0) is 30.7 Å². The van der Waals surface area contributed by atoms with Gasteiger partial charge in [0, 0.05) is 69.0 Å². The first kappa shape index (κ1) is 19.8. The van der Waals surface area contributed by atoms with E-state index in [1.165, 1.54) is 0 Å². The number of hydrogen-bond donors (Lipinski definition) is 3. The highest BCUT2D eigenvalue weighted by molar-refractivity contribution is 5.94. The fraction of sp³-hybridized carbons (Fsp3) is 0.333. The highest BCUT2D eigenvalue weighted by atomic mass is 16.1. The zero-order valence-corrected chi connectivity index (χ0v) is 16.8. The molecule has 1 amide bonds. The number of carbonyl (C=O) groups excluding carboxylic acids is 1. The standard InChI is InChI=1S/C21H26N8O/c22-21(30)17-12-18(27-20(14-17)29-10-6-23-7-11-29)16-2-4-26-19(13-16)25-3-1-8-28-9-5-24-15-28/h2,4-5,9,12-15,23H,1,3,6-8,10-11H2,(H2,22,30)(H,25,26). The van der Waals surface area contributed by atoms with Gasteiger partial charge in [0.15, 0.2) is 0 Å². The maximum atomic E-state index is 11.9. The molecule has 0 spiro atoms. The van der Waals surface area contributed by atoms with Gasteiger partial charge in [-0.15, -0.1) is 0 Å². The van der Waals surface area contributed by atoms with E-state index in [9.17, 15) is 4.79 Å². The van der Waals surface area contributed by atoms with Gasteiger partial charge in [-0.1, -0.05) is 0 Å². The summed E-state index contributed by atoms with van der Waals surface area (Å²) in [4.78, 5) is 27.3. The lowest BCUT2D eigenvalue weighted by molar-refractivity contribution is 0.1000. The number of aryl methyl sites for hydroxylation is 1. The molecule has 0 bridgehead atoms. The van der Waals surface area contributed by atoms with Crippen molar-refractivity contribution in [3.63, 3.8) is 0 Å². The minimum Gasteiger partial charge on any atom is -0.370 e. The second-order valence-corrected chi connectivity index (χ2v) is 7.21. The maximum Gasteiger partial charge on any atom is 0.248 e. The zero-order valence-electron chi connectivity index (χ0n) is 16.8. The highest BCUT2D eigenvalue weighted by Crippen LogP contribution is 2.25. The molecular weight excluding hydrogens is 380 g/mol. The first-order chi connectivity index (χ1) is 14.7. The molecule has 1 saturated heterocycles. The van der Waals surface area contributed by atoms with Crippen LogP contribution in [0, 0.1) is 0 Å². The number of hydrogen-bond acceptors (Lipinski definition) is 7. The van der Waals surface area contributed by atoms with E-state index >= 15 is 0 Å². The lowest BCUT2D eigenvalue weighted by atomic mass is 10.1. The summed E-state index contributed by atoms with van der Waals surface area (Å²) in [7, 11) is 0. The van der Waals surface area contributed by atoms with Crippen LogP contribution in [0.1, 0.15) is 16.8 Å². The second-order valence-electron chi connectivity index (χ2n) is 7.21. The number of nitrogens with two attached hydrogens (primary N) is 1. The van der Waals surface area contributed by atoms with Crippen LogP contribution >= 0.6 is 0 Å². The topological polar surface area (TPSA) is 114 Å². The van der Waals surface area contributed by atoms with Crippen molar-refractivity contribution in [2.75, 3.05) is 42.9 Å². The Balaban J connectivity index is 1.50. The van der Waals surface area contributed by atoms with Crippen LogP contribution in [0.15, 0.2) is 49.2 Å². The Hall–Kier alpha value is -3.46. The van der Waals surface area contributed by atoms with Crippen LogP contribution in [-0.4, -0.2) is 58.1 Å². The average molecular weight is 406 g/mol. The Morgan fingerprint density at radius 2 is 2.07 bits per heavy atom. The summed E-state index contributed by atoms with van der Waals surface area (Å²) in [5, 5.41) is 6.68. The predicted octanol–water partition coefficient (Wildman–Crippen LogP) is 1.35.